The Balaban J connectivity index is 1.59. The molecular weight excluding hydrogens is 326 g/mol. The van der Waals surface area contributed by atoms with Gasteiger partial charge in [0.15, 0.2) is 0 Å². The lowest BCUT2D eigenvalue weighted by Crippen LogP contribution is -2.48. The summed E-state index contributed by atoms with van der Waals surface area (Å²) < 4.78 is 0. The Kier molecular flexibility index (Phi) is 4.83. The van der Waals surface area contributed by atoms with E-state index in [1.807, 2.05) is 30.9 Å². The first kappa shape index (κ1) is 17.2. The Bertz CT molecular complexity index is 645. The van der Waals surface area contributed by atoms with Crippen molar-refractivity contribution in [3.8, 4) is 0 Å². The normalized spacial score (nSPS) is 23.9. The molecule has 5 nitrogen and oxygen atoms in total. The Morgan fingerprint density at radius 3 is 2.42 bits per heavy atom. The lowest BCUT2D eigenvalue weighted by Gasteiger charge is -2.32. The second-order valence-corrected chi connectivity index (χ2v) is 7.41. The van der Waals surface area contributed by atoms with Crippen molar-refractivity contribution in [3.63, 3.8) is 0 Å². The van der Waals surface area contributed by atoms with Crippen LogP contribution in [0.2, 0.25) is 5.02 Å². The van der Waals surface area contributed by atoms with E-state index in [0.29, 0.717) is 17.1 Å². The SMILES string of the molecule is Cc1cc(C)c(NC(=O)C2CC2C(=O)N2CCN(C)CC2)c(Cl)c1. The molecule has 1 saturated carbocycles. The second kappa shape index (κ2) is 6.73. The van der Waals surface area contributed by atoms with E-state index in [-0.39, 0.29) is 23.7 Å². The summed E-state index contributed by atoms with van der Waals surface area (Å²) in [6.45, 7) is 7.19. The van der Waals surface area contributed by atoms with Gasteiger partial charge >= 0.3 is 0 Å². The summed E-state index contributed by atoms with van der Waals surface area (Å²) in [6.07, 6.45) is 0.638. The minimum Gasteiger partial charge on any atom is -0.340 e. The van der Waals surface area contributed by atoms with Crippen molar-refractivity contribution in [2.45, 2.75) is 20.3 Å². The zero-order valence-corrected chi connectivity index (χ0v) is 15.2. The van der Waals surface area contributed by atoms with Crippen LogP contribution < -0.4 is 5.32 Å². The molecule has 1 saturated heterocycles. The van der Waals surface area contributed by atoms with Gasteiger partial charge in [0, 0.05) is 26.2 Å². The fourth-order valence-electron chi connectivity index (χ4n) is 3.31. The van der Waals surface area contributed by atoms with Crippen LogP contribution in [0.3, 0.4) is 0 Å². The van der Waals surface area contributed by atoms with Crippen molar-refractivity contribution in [3.05, 3.63) is 28.3 Å². The molecular formula is C18H24ClN3O2. The van der Waals surface area contributed by atoms with E-state index in [0.717, 1.165) is 37.3 Å². The number of carbonyl (C=O) groups is 2. The molecule has 1 N–H and O–H groups in total. The van der Waals surface area contributed by atoms with Crippen LogP contribution in [0.5, 0.6) is 0 Å². The zero-order chi connectivity index (χ0) is 17.4. The summed E-state index contributed by atoms with van der Waals surface area (Å²) in [4.78, 5) is 29.1. The largest absolute Gasteiger partial charge is 0.340 e. The number of hydrogen-bond acceptors (Lipinski definition) is 3. The average molecular weight is 350 g/mol. The van der Waals surface area contributed by atoms with E-state index < -0.39 is 0 Å². The van der Waals surface area contributed by atoms with Crippen molar-refractivity contribution in [2.24, 2.45) is 11.8 Å². The van der Waals surface area contributed by atoms with Crippen molar-refractivity contribution in [1.82, 2.24) is 9.80 Å². The number of anilines is 1. The van der Waals surface area contributed by atoms with Crippen LogP contribution >= 0.6 is 11.6 Å². The summed E-state index contributed by atoms with van der Waals surface area (Å²) >= 11 is 6.24. The van der Waals surface area contributed by atoms with Crippen LogP contribution in [-0.4, -0.2) is 54.8 Å². The van der Waals surface area contributed by atoms with Crippen molar-refractivity contribution in [2.75, 3.05) is 38.5 Å². The molecule has 24 heavy (non-hydrogen) atoms. The van der Waals surface area contributed by atoms with Crippen LogP contribution in [0.15, 0.2) is 12.1 Å². The molecule has 3 rings (SSSR count). The van der Waals surface area contributed by atoms with Gasteiger partial charge in [0.1, 0.15) is 0 Å². The average Bonchev–Trinajstić information content (AvgIpc) is 3.31. The van der Waals surface area contributed by atoms with Gasteiger partial charge in [0.25, 0.3) is 0 Å². The zero-order valence-electron chi connectivity index (χ0n) is 14.4. The number of nitrogens with zero attached hydrogens (tertiary/aromatic N) is 2. The number of benzene rings is 1. The topological polar surface area (TPSA) is 52.7 Å². The maximum absolute atomic E-state index is 12.5. The van der Waals surface area contributed by atoms with Crippen LogP contribution in [0.1, 0.15) is 17.5 Å². The maximum atomic E-state index is 12.5. The highest BCUT2D eigenvalue weighted by Gasteiger charge is 2.49. The first-order valence-electron chi connectivity index (χ1n) is 8.41. The van der Waals surface area contributed by atoms with Gasteiger partial charge in [0.2, 0.25) is 11.8 Å². The molecule has 0 radical (unpaired) electrons. The van der Waals surface area contributed by atoms with Gasteiger partial charge in [-0.3, -0.25) is 9.59 Å². The van der Waals surface area contributed by atoms with E-state index in [2.05, 4.69) is 17.3 Å². The number of rotatable bonds is 3. The number of halogens is 1. The molecule has 1 aliphatic heterocycles. The fourth-order valence-corrected chi connectivity index (χ4v) is 3.68. The number of likely N-dealkylation sites (N-methyl/N-ethyl adjacent to an activating group) is 1. The molecule has 1 heterocycles. The molecule has 1 aromatic rings. The van der Waals surface area contributed by atoms with E-state index in [9.17, 15) is 9.59 Å². The van der Waals surface area contributed by atoms with Crippen LogP contribution in [0, 0.1) is 25.7 Å². The quantitative estimate of drug-likeness (QED) is 0.911. The van der Waals surface area contributed by atoms with Gasteiger partial charge in [-0.2, -0.15) is 0 Å². The summed E-state index contributed by atoms with van der Waals surface area (Å²) in [5.41, 5.74) is 2.66. The third-order valence-corrected chi connectivity index (χ3v) is 5.24. The minimum absolute atomic E-state index is 0.101. The molecule has 0 bridgehead atoms. The molecule has 2 unspecified atom stereocenters. The molecule has 130 valence electrons. The smallest absolute Gasteiger partial charge is 0.228 e. The standard InChI is InChI=1S/C18H24ClN3O2/c1-11-8-12(2)16(15(19)9-11)20-17(23)13-10-14(13)18(24)22-6-4-21(3)5-7-22/h8-9,13-14H,4-7,10H2,1-3H3,(H,20,23). The van der Waals surface area contributed by atoms with Crippen molar-refractivity contribution >= 4 is 29.1 Å². The predicted molar refractivity (Wildman–Crippen MR) is 95.2 cm³/mol. The first-order valence-corrected chi connectivity index (χ1v) is 8.79. The minimum atomic E-state index is -0.228. The first-order chi connectivity index (χ1) is 11.4. The van der Waals surface area contributed by atoms with Gasteiger partial charge in [0.05, 0.1) is 22.5 Å². The maximum Gasteiger partial charge on any atom is 0.228 e. The highest BCUT2D eigenvalue weighted by Crippen LogP contribution is 2.41. The number of carbonyl (C=O) groups excluding carboxylic acids is 2. The monoisotopic (exact) mass is 349 g/mol. The molecule has 6 heteroatoms. The molecule has 2 fully saturated rings. The number of aryl methyl sites for hydroxylation is 2. The Morgan fingerprint density at radius 1 is 1.12 bits per heavy atom. The lowest BCUT2D eigenvalue weighted by atomic mass is 10.1. The second-order valence-electron chi connectivity index (χ2n) is 7.01. The van der Waals surface area contributed by atoms with E-state index in [4.69, 9.17) is 11.6 Å². The lowest BCUT2D eigenvalue weighted by molar-refractivity contribution is -0.135. The molecule has 1 aromatic carbocycles. The fraction of sp³-hybridized carbons (Fsp3) is 0.556. The van der Waals surface area contributed by atoms with Crippen molar-refractivity contribution < 1.29 is 9.59 Å². The number of nitrogens with one attached hydrogen (secondary N) is 1. The third kappa shape index (κ3) is 3.57. The van der Waals surface area contributed by atoms with E-state index in [1.165, 1.54) is 0 Å². The molecule has 0 aromatic heterocycles. The van der Waals surface area contributed by atoms with E-state index in [1.54, 1.807) is 0 Å². The van der Waals surface area contributed by atoms with Gasteiger partial charge in [-0.1, -0.05) is 17.7 Å². The van der Waals surface area contributed by atoms with Gasteiger partial charge in [-0.15, -0.1) is 0 Å². The van der Waals surface area contributed by atoms with E-state index >= 15 is 0 Å². The van der Waals surface area contributed by atoms with Crippen LogP contribution in [-0.2, 0) is 9.59 Å². The van der Waals surface area contributed by atoms with Crippen LogP contribution in [0.4, 0.5) is 5.69 Å². The molecule has 2 amide bonds. The molecule has 0 spiro atoms. The van der Waals surface area contributed by atoms with Gasteiger partial charge < -0.3 is 15.1 Å². The van der Waals surface area contributed by atoms with Gasteiger partial charge in [-0.25, -0.2) is 0 Å². The molecule has 1 aliphatic carbocycles. The Hall–Kier alpha value is -1.59. The Labute approximate surface area is 147 Å². The number of amides is 2. The highest BCUT2D eigenvalue weighted by molar-refractivity contribution is 6.34. The summed E-state index contributed by atoms with van der Waals surface area (Å²) in [7, 11) is 2.06. The Morgan fingerprint density at radius 2 is 1.79 bits per heavy atom. The highest BCUT2D eigenvalue weighted by atomic mass is 35.5. The summed E-state index contributed by atoms with van der Waals surface area (Å²) in [5, 5.41) is 3.46. The summed E-state index contributed by atoms with van der Waals surface area (Å²) in [5.74, 6) is -0.377. The van der Waals surface area contributed by atoms with Gasteiger partial charge in [-0.05, 0) is 44.5 Å². The third-order valence-electron chi connectivity index (χ3n) is 4.94. The molecule has 2 aliphatic rings. The summed E-state index contributed by atoms with van der Waals surface area (Å²) in [6, 6.07) is 3.82. The van der Waals surface area contributed by atoms with Crippen molar-refractivity contribution in [1.29, 1.82) is 0 Å². The molecule has 2 atom stereocenters. The predicted octanol–water partition coefficient (Wildman–Crippen LogP) is 2.31. The number of piperazine rings is 1. The number of hydrogen-bond donors (Lipinski definition) is 1. The van der Waals surface area contributed by atoms with Crippen LogP contribution in [0.25, 0.3) is 0 Å².